The molecule has 5 N–H and O–H groups in total. The third kappa shape index (κ3) is 6.33. The van der Waals surface area contributed by atoms with E-state index in [1.807, 2.05) is 20.8 Å². The van der Waals surface area contributed by atoms with Crippen LogP contribution in [0.25, 0.3) is 11.0 Å². The number of ether oxygens (including phenoxy) is 1. The van der Waals surface area contributed by atoms with Gasteiger partial charge in [-0.3, -0.25) is 9.79 Å². The maximum absolute atomic E-state index is 14.8. The standard InChI is InChI=1S/C25H30FN9O2/c1-25(2,3)19(27)10-20(28-4)34-23(36)14-5-6-16(26)17(9-14)33-22-21-18(30-13-31-22)11-29-24(35-21)32-15-7-8-37-12-15/h5-6,9-11,13,15H,7-8,12,27H2,1-4H3,(H,28,34,36)(H,29,32,35)(H,30,31,33). The second-order valence-corrected chi connectivity index (χ2v) is 9.59. The number of anilines is 3. The van der Waals surface area contributed by atoms with E-state index in [0.29, 0.717) is 41.7 Å². The Morgan fingerprint density at radius 1 is 1.27 bits per heavy atom. The third-order valence-electron chi connectivity index (χ3n) is 5.76. The lowest BCUT2D eigenvalue weighted by Crippen LogP contribution is -2.31. The van der Waals surface area contributed by atoms with Gasteiger partial charge in [0, 0.05) is 30.3 Å². The normalized spacial score (nSPS) is 16.6. The first kappa shape index (κ1) is 25.9. The molecule has 1 fully saturated rings. The van der Waals surface area contributed by atoms with Crippen LogP contribution in [0.1, 0.15) is 37.6 Å². The van der Waals surface area contributed by atoms with Crippen LogP contribution in [0.2, 0.25) is 0 Å². The number of allylic oxidation sites excluding steroid dienone is 1. The van der Waals surface area contributed by atoms with Crippen LogP contribution in [0.4, 0.5) is 21.8 Å². The number of amidine groups is 1. The maximum atomic E-state index is 14.8. The van der Waals surface area contributed by atoms with Gasteiger partial charge >= 0.3 is 0 Å². The van der Waals surface area contributed by atoms with Gasteiger partial charge in [-0.2, -0.15) is 0 Å². The monoisotopic (exact) mass is 507 g/mol. The molecule has 12 heteroatoms. The Morgan fingerprint density at radius 3 is 2.78 bits per heavy atom. The van der Waals surface area contributed by atoms with E-state index in [4.69, 9.17) is 10.5 Å². The Labute approximate surface area is 213 Å². The number of aliphatic imine (C=N–C) groups is 1. The number of amides is 1. The van der Waals surface area contributed by atoms with E-state index >= 15 is 0 Å². The van der Waals surface area contributed by atoms with Crippen LogP contribution in [0, 0.1) is 11.2 Å². The van der Waals surface area contributed by atoms with Crippen molar-refractivity contribution in [3.05, 3.63) is 53.9 Å². The molecule has 1 amide bonds. The summed E-state index contributed by atoms with van der Waals surface area (Å²) >= 11 is 0. The number of nitrogens with two attached hydrogens (primary N) is 1. The van der Waals surface area contributed by atoms with Crippen molar-refractivity contribution in [2.24, 2.45) is 16.1 Å². The molecule has 3 aromatic rings. The SMILES string of the molecule is CN=C(C=C(N)C(C)(C)C)NC(=O)c1ccc(F)c(Nc2ncnc3cnc(NC4CCOC4)nc23)c1. The summed E-state index contributed by atoms with van der Waals surface area (Å²) in [5.41, 5.74) is 7.51. The molecule has 2 aromatic heterocycles. The quantitative estimate of drug-likeness (QED) is 0.291. The fraction of sp³-hybridized carbons (Fsp3) is 0.360. The summed E-state index contributed by atoms with van der Waals surface area (Å²) in [6.07, 6.45) is 5.35. The minimum Gasteiger partial charge on any atom is -0.401 e. The van der Waals surface area contributed by atoms with Crippen molar-refractivity contribution < 1.29 is 13.9 Å². The van der Waals surface area contributed by atoms with Crippen LogP contribution in [0.15, 0.2) is 47.5 Å². The van der Waals surface area contributed by atoms with Crippen LogP contribution in [0.5, 0.6) is 0 Å². The number of hydrogen-bond donors (Lipinski definition) is 4. The number of carbonyl (C=O) groups excluding carboxylic acids is 1. The molecular formula is C25H30FN9O2. The highest BCUT2D eigenvalue weighted by atomic mass is 19.1. The van der Waals surface area contributed by atoms with E-state index in [0.717, 1.165) is 6.42 Å². The second-order valence-electron chi connectivity index (χ2n) is 9.59. The van der Waals surface area contributed by atoms with Gasteiger partial charge in [-0.25, -0.2) is 24.3 Å². The van der Waals surface area contributed by atoms with E-state index < -0.39 is 11.7 Å². The van der Waals surface area contributed by atoms with E-state index in [1.54, 1.807) is 19.3 Å². The molecule has 0 radical (unpaired) electrons. The molecule has 0 bridgehead atoms. The van der Waals surface area contributed by atoms with Crippen molar-refractivity contribution in [2.45, 2.75) is 33.2 Å². The molecule has 0 spiro atoms. The van der Waals surface area contributed by atoms with Gasteiger partial charge < -0.3 is 26.4 Å². The number of hydrogen-bond acceptors (Lipinski definition) is 10. The lowest BCUT2D eigenvalue weighted by molar-refractivity contribution is 0.0977. The van der Waals surface area contributed by atoms with Crippen LogP contribution in [-0.2, 0) is 4.74 Å². The molecule has 1 saturated heterocycles. The van der Waals surface area contributed by atoms with Crippen LogP contribution in [0.3, 0.4) is 0 Å². The largest absolute Gasteiger partial charge is 0.401 e. The Morgan fingerprint density at radius 2 is 2.08 bits per heavy atom. The number of rotatable bonds is 6. The van der Waals surface area contributed by atoms with Gasteiger partial charge in [0.25, 0.3) is 5.91 Å². The van der Waals surface area contributed by atoms with E-state index in [9.17, 15) is 9.18 Å². The van der Waals surface area contributed by atoms with E-state index in [2.05, 4.69) is 40.9 Å². The minimum atomic E-state index is -0.569. The summed E-state index contributed by atoms with van der Waals surface area (Å²) < 4.78 is 20.1. The highest BCUT2D eigenvalue weighted by Crippen LogP contribution is 2.25. The molecule has 1 aliphatic heterocycles. The summed E-state index contributed by atoms with van der Waals surface area (Å²) in [4.78, 5) is 34.2. The number of fused-ring (bicyclic) bond motifs is 1. The Kier molecular flexibility index (Phi) is 7.58. The number of halogens is 1. The van der Waals surface area contributed by atoms with Crippen LogP contribution >= 0.6 is 0 Å². The lowest BCUT2D eigenvalue weighted by Gasteiger charge is -2.19. The zero-order valence-corrected chi connectivity index (χ0v) is 21.2. The van der Waals surface area contributed by atoms with Crippen LogP contribution < -0.4 is 21.7 Å². The minimum absolute atomic E-state index is 0.0460. The smallest absolute Gasteiger partial charge is 0.256 e. The summed E-state index contributed by atoms with van der Waals surface area (Å²) in [5, 5.41) is 8.87. The zero-order valence-electron chi connectivity index (χ0n) is 21.2. The molecular weight excluding hydrogens is 477 g/mol. The fourth-order valence-corrected chi connectivity index (χ4v) is 3.44. The second kappa shape index (κ2) is 10.8. The molecule has 1 aromatic carbocycles. The molecule has 1 atom stereocenters. The number of nitrogens with one attached hydrogen (secondary N) is 3. The van der Waals surface area contributed by atoms with Crippen molar-refractivity contribution in [1.82, 2.24) is 25.3 Å². The molecule has 0 saturated carbocycles. The van der Waals surface area contributed by atoms with Gasteiger partial charge in [0.05, 0.1) is 24.5 Å². The fourth-order valence-electron chi connectivity index (χ4n) is 3.44. The average molecular weight is 508 g/mol. The van der Waals surface area contributed by atoms with Gasteiger partial charge in [-0.15, -0.1) is 0 Å². The summed E-state index contributed by atoms with van der Waals surface area (Å²) in [6.45, 7) is 7.11. The number of carbonyl (C=O) groups is 1. The summed E-state index contributed by atoms with van der Waals surface area (Å²) in [7, 11) is 1.55. The van der Waals surface area contributed by atoms with Crippen molar-refractivity contribution in [2.75, 3.05) is 30.9 Å². The Balaban J connectivity index is 1.57. The van der Waals surface area contributed by atoms with Crippen molar-refractivity contribution >= 4 is 40.2 Å². The highest BCUT2D eigenvalue weighted by Gasteiger charge is 2.19. The number of nitrogens with zero attached hydrogens (tertiary/aromatic N) is 5. The lowest BCUT2D eigenvalue weighted by atomic mass is 9.92. The van der Waals surface area contributed by atoms with Crippen molar-refractivity contribution in [3.63, 3.8) is 0 Å². The molecule has 37 heavy (non-hydrogen) atoms. The number of benzene rings is 1. The molecule has 194 valence electrons. The van der Waals surface area contributed by atoms with E-state index in [1.165, 1.54) is 24.5 Å². The first-order valence-electron chi connectivity index (χ1n) is 11.8. The van der Waals surface area contributed by atoms with Gasteiger partial charge in [0.2, 0.25) is 5.95 Å². The first-order chi connectivity index (χ1) is 17.6. The maximum Gasteiger partial charge on any atom is 0.256 e. The van der Waals surface area contributed by atoms with Crippen molar-refractivity contribution in [3.8, 4) is 0 Å². The predicted octanol–water partition coefficient (Wildman–Crippen LogP) is 3.15. The predicted molar refractivity (Wildman–Crippen MR) is 140 cm³/mol. The molecule has 0 aliphatic carbocycles. The van der Waals surface area contributed by atoms with Gasteiger partial charge in [0.15, 0.2) is 5.82 Å². The van der Waals surface area contributed by atoms with Crippen LogP contribution in [-0.4, -0.2) is 58.0 Å². The van der Waals surface area contributed by atoms with Gasteiger partial charge in [-0.05, 0) is 30.7 Å². The highest BCUT2D eigenvalue weighted by molar-refractivity contribution is 6.10. The average Bonchev–Trinajstić information content (AvgIpc) is 3.37. The molecule has 4 rings (SSSR count). The zero-order chi connectivity index (χ0) is 26.6. The van der Waals surface area contributed by atoms with Gasteiger partial charge in [-0.1, -0.05) is 20.8 Å². The Hall–Kier alpha value is -4.19. The molecule has 3 heterocycles. The molecule has 1 aliphatic rings. The van der Waals surface area contributed by atoms with Crippen molar-refractivity contribution in [1.29, 1.82) is 0 Å². The molecule has 11 nitrogen and oxygen atoms in total. The first-order valence-corrected chi connectivity index (χ1v) is 11.8. The number of aromatic nitrogens is 4. The summed E-state index contributed by atoms with van der Waals surface area (Å²) in [6, 6.07) is 4.08. The third-order valence-corrected chi connectivity index (χ3v) is 5.76. The van der Waals surface area contributed by atoms with Gasteiger partial charge in [0.1, 0.15) is 29.0 Å². The summed E-state index contributed by atoms with van der Waals surface area (Å²) in [5.74, 6) is -0.0843. The Bertz CT molecular complexity index is 1360. The van der Waals surface area contributed by atoms with E-state index in [-0.39, 0.29) is 28.5 Å². The molecule has 1 unspecified atom stereocenters. The topological polar surface area (TPSA) is 152 Å².